The van der Waals surface area contributed by atoms with Gasteiger partial charge < -0.3 is 10.3 Å². The van der Waals surface area contributed by atoms with E-state index in [2.05, 4.69) is 21.9 Å². The second kappa shape index (κ2) is 4.31. The average molecular weight is 204 g/mol. The second-order valence-corrected chi connectivity index (χ2v) is 3.68. The highest BCUT2D eigenvalue weighted by molar-refractivity contribution is 5.10. The molecule has 4 heteroatoms. The first-order valence-corrected chi connectivity index (χ1v) is 5.15. The second-order valence-electron chi connectivity index (χ2n) is 3.68. The molecule has 15 heavy (non-hydrogen) atoms. The van der Waals surface area contributed by atoms with Gasteiger partial charge in [-0.25, -0.2) is 0 Å². The van der Waals surface area contributed by atoms with Crippen molar-refractivity contribution in [3.8, 4) is 0 Å². The maximum Gasteiger partial charge on any atom is 0.0588 e. The van der Waals surface area contributed by atoms with Crippen LogP contribution in [0.4, 0.5) is 0 Å². The number of rotatable bonds is 4. The molecule has 0 amide bonds. The van der Waals surface area contributed by atoms with Gasteiger partial charge in [0.05, 0.1) is 6.54 Å². The molecule has 0 bridgehead atoms. The first-order chi connectivity index (χ1) is 7.27. The third kappa shape index (κ3) is 2.27. The average Bonchev–Trinajstić information content (AvgIpc) is 2.86. The molecular weight excluding hydrogens is 188 g/mol. The smallest absolute Gasteiger partial charge is 0.0588 e. The van der Waals surface area contributed by atoms with Gasteiger partial charge in [0.25, 0.3) is 0 Å². The summed E-state index contributed by atoms with van der Waals surface area (Å²) in [6, 6.07) is 6.11. The predicted molar refractivity (Wildman–Crippen MR) is 59.3 cm³/mol. The number of nitrogens with two attached hydrogens (primary N) is 1. The van der Waals surface area contributed by atoms with Crippen LogP contribution in [0.1, 0.15) is 18.7 Å². The molecule has 0 aliphatic carbocycles. The lowest BCUT2D eigenvalue weighted by molar-refractivity contribution is 0.515. The molecule has 2 aromatic rings. The monoisotopic (exact) mass is 204 g/mol. The van der Waals surface area contributed by atoms with E-state index in [0.717, 1.165) is 13.1 Å². The molecule has 0 aliphatic rings. The van der Waals surface area contributed by atoms with Crippen molar-refractivity contribution in [2.24, 2.45) is 5.73 Å². The Hall–Kier alpha value is -1.55. The number of aryl methyl sites for hydroxylation is 2. The van der Waals surface area contributed by atoms with Crippen LogP contribution in [-0.4, -0.2) is 14.3 Å². The summed E-state index contributed by atoms with van der Waals surface area (Å²) in [6.45, 7) is 3.78. The molecule has 0 radical (unpaired) electrons. The van der Waals surface area contributed by atoms with Crippen LogP contribution in [0.15, 0.2) is 36.8 Å². The van der Waals surface area contributed by atoms with Crippen molar-refractivity contribution in [2.75, 3.05) is 0 Å². The number of hydrogen-bond acceptors (Lipinski definition) is 2. The molecule has 0 aromatic carbocycles. The first-order valence-electron chi connectivity index (χ1n) is 5.15. The lowest BCUT2D eigenvalue weighted by atomic mass is 10.2. The fourth-order valence-corrected chi connectivity index (χ4v) is 1.69. The zero-order valence-electron chi connectivity index (χ0n) is 8.87. The van der Waals surface area contributed by atoms with Crippen LogP contribution in [0.5, 0.6) is 0 Å². The van der Waals surface area contributed by atoms with Crippen molar-refractivity contribution < 1.29 is 0 Å². The zero-order chi connectivity index (χ0) is 10.7. The highest BCUT2D eigenvalue weighted by atomic mass is 15.3. The van der Waals surface area contributed by atoms with Crippen molar-refractivity contribution >= 4 is 0 Å². The van der Waals surface area contributed by atoms with Crippen LogP contribution in [-0.2, 0) is 13.1 Å². The molecule has 2 aromatic heterocycles. The van der Waals surface area contributed by atoms with Gasteiger partial charge in [-0.1, -0.05) is 0 Å². The molecule has 0 spiro atoms. The van der Waals surface area contributed by atoms with Gasteiger partial charge >= 0.3 is 0 Å². The van der Waals surface area contributed by atoms with Crippen LogP contribution >= 0.6 is 0 Å². The molecule has 2 N–H and O–H groups in total. The van der Waals surface area contributed by atoms with Crippen molar-refractivity contribution in [1.82, 2.24) is 14.3 Å². The minimum atomic E-state index is 0.0811. The highest BCUT2D eigenvalue weighted by Crippen LogP contribution is 2.10. The fraction of sp³-hybridized carbons (Fsp3) is 0.364. The van der Waals surface area contributed by atoms with Gasteiger partial charge in [0, 0.05) is 36.9 Å². The summed E-state index contributed by atoms with van der Waals surface area (Å²) >= 11 is 0. The minimum Gasteiger partial charge on any atom is -0.348 e. The van der Waals surface area contributed by atoms with Crippen molar-refractivity contribution in [2.45, 2.75) is 26.1 Å². The Labute approximate surface area is 89.3 Å². The van der Waals surface area contributed by atoms with Crippen molar-refractivity contribution in [3.63, 3.8) is 0 Å². The van der Waals surface area contributed by atoms with Gasteiger partial charge in [-0.3, -0.25) is 4.68 Å². The summed E-state index contributed by atoms with van der Waals surface area (Å²) in [6.07, 6.45) is 5.82. The number of aromatic nitrogens is 3. The van der Waals surface area contributed by atoms with E-state index >= 15 is 0 Å². The topological polar surface area (TPSA) is 48.8 Å². The lowest BCUT2D eigenvalue weighted by Gasteiger charge is -2.11. The van der Waals surface area contributed by atoms with Gasteiger partial charge in [-0.15, -0.1) is 0 Å². The number of hydrogen-bond donors (Lipinski definition) is 1. The Bertz CT molecular complexity index is 400. The molecule has 80 valence electrons. The molecule has 1 unspecified atom stereocenters. The molecule has 4 nitrogen and oxygen atoms in total. The molecule has 0 saturated carbocycles. The quantitative estimate of drug-likeness (QED) is 0.818. The van der Waals surface area contributed by atoms with Crippen molar-refractivity contribution in [3.05, 3.63) is 42.5 Å². The summed E-state index contributed by atoms with van der Waals surface area (Å²) in [5.41, 5.74) is 7.03. The van der Waals surface area contributed by atoms with E-state index in [1.54, 1.807) is 6.20 Å². The van der Waals surface area contributed by atoms with Crippen LogP contribution in [0.25, 0.3) is 0 Å². The fourth-order valence-electron chi connectivity index (χ4n) is 1.69. The first kappa shape index (κ1) is 9.98. The molecule has 0 saturated heterocycles. The third-order valence-electron chi connectivity index (χ3n) is 2.46. The zero-order valence-corrected chi connectivity index (χ0v) is 8.87. The van der Waals surface area contributed by atoms with E-state index in [0.29, 0.717) is 0 Å². The SMILES string of the molecule is CC(N)c1cccn1CCn1cccn1. The van der Waals surface area contributed by atoms with E-state index in [1.807, 2.05) is 29.9 Å². The Morgan fingerprint density at radius 2 is 2.20 bits per heavy atom. The maximum atomic E-state index is 5.86. The van der Waals surface area contributed by atoms with Gasteiger partial charge in [-0.05, 0) is 25.1 Å². The number of nitrogens with zero attached hydrogens (tertiary/aromatic N) is 3. The van der Waals surface area contributed by atoms with Crippen LogP contribution in [0.3, 0.4) is 0 Å². The van der Waals surface area contributed by atoms with Crippen molar-refractivity contribution in [1.29, 1.82) is 0 Å². The van der Waals surface area contributed by atoms with Gasteiger partial charge in [0.15, 0.2) is 0 Å². The van der Waals surface area contributed by atoms with Crippen LogP contribution in [0, 0.1) is 0 Å². The largest absolute Gasteiger partial charge is 0.348 e. The summed E-state index contributed by atoms with van der Waals surface area (Å²) in [5.74, 6) is 0. The Morgan fingerprint density at radius 3 is 2.87 bits per heavy atom. The normalized spacial score (nSPS) is 12.9. The van der Waals surface area contributed by atoms with Crippen LogP contribution in [0.2, 0.25) is 0 Å². The van der Waals surface area contributed by atoms with E-state index in [4.69, 9.17) is 5.73 Å². The standard InChI is InChI=1S/C11H16N4/c1-10(12)11-4-2-6-14(11)8-9-15-7-3-5-13-15/h2-7,10H,8-9,12H2,1H3. The Kier molecular flexibility index (Phi) is 2.87. The summed E-state index contributed by atoms with van der Waals surface area (Å²) in [5, 5.41) is 4.16. The molecule has 0 fully saturated rings. The minimum absolute atomic E-state index is 0.0811. The Balaban J connectivity index is 2.02. The van der Waals surface area contributed by atoms with E-state index in [9.17, 15) is 0 Å². The Morgan fingerprint density at radius 1 is 1.33 bits per heavy atom. The lowest BCUT2D eigenvalue weighted by Crippen LogP contribution is -2.14. The molecule has 2 heterocycles. The summed E-state index contributed by atoms with van der Waals surface area (Å²) in [4.78, 5) is 0. The molecule has 1 atom stereocenters. The van der Waals surface area contributed by atoms with Crippen LogP contribution < -0.4 is 5.73 Å². The summed E-state index contributed by atoms with van der Waals surface area (Å²) in [7, 11) is 0. The third-order valence-corrected chi connectivity index (χ3v) is 2.46. The molecular formula is C11H16N4. The molecule has 0 aliphatic heterocycles. The summed E-state index contributed by atoms with van der Waals surface area (Å²) < 4.78 is 4.09. The molecule has 2 rings (SSSR count). The maximum absolute atomic E-state index is 5.86. The van der Waals surface area contributed by atoms with E-state index in [1.165, 1.54) is 5.69 Å². The van der Waals surface area contributed by atoms with Gasteiger partial charge in [0.1, 0.15) is 0 Å². The van der Waals surface area contributed by atoms with E-state index < -0.39 is 0 Å². The highest BCUT2D eigenvalue weighted by Gasteiger charge is 2.04. The van der Waals surface area contributed by atoms with E-state index in [-0.39, 0.29) is 6.04 Å². The predicted octanol–water partition coefficient (Wildman–Crippen LogP) is 1.40. The van der Waals surface area contributed by atoms with Gasteiger partial charge in [-0.2, -0.15) is 5.10 Å². The van der Waals surface area contributed by atoms with Gasteiger partial charge in [0.2, 0.25) is 0 Å².